The van der Waals surface area contributed by atoms with Gasteiger partial charge in [0.2, 0.25) is 5.91 Å². The summed E-state index contributed by atoms with van der Waals surface area (Å²) in [6.45, 7) is 6.01. The molecule has 4 N–H and O–H groups in total. The number of hydrogen-bond acceptors (Lipinski definition) is 6. The largest absolute Gasteiger partial charge is 0.396 e. The minimum atomic E-state index is -3.85. The molecule has 2 heterocycles. The molecule has 8 nitrogen and oxygen atoms in total. The van der Waals surface area contributed by atoms with Crippen molar-refractivity contribution < 1.29 is 28.2 Å². The minimum Gasteiger partial charge on any atom is -0.396 e. The van der Waals surface area contributed by atoms with Gasteiger partial charge in [0.1, 0.15) is 17.2 Å². The summed E-state index contributed by atoms with van der Waals surface area (Å²) < 4.78 is 45.1. The molecule has 11 heteroatoms. The van der Waals surface area contributed by atoms with Gasteiger partial charge in [-0.3, -0.25) is 4.79 Å². The number of carbonyl (C=O) groups is 1. The molecular formula is C29H35F3N4O4. The molecule has 0 aliphatic carbocycles. The number of hydrogen-bond donors (Lipinski definition) is 4. The molecule has 4 rings (SSSR count). The van der Waals surface area contributed by atoms with Gasteiger partial charge in [-0.05, 0) is 69.2 Å². The first-order valence-corrected chi connectivity index (χ1v) is 13.3. The van der Waals surface area contributed by atoms with Crippen molar-refractivity contribution in [2.24, 2.45) is 0 Å². The Morgan fingerprint density at radius 2 is 1.93 bits per heavy atom. The maximum atomic E-state index is 15.4. The van der Waals surface area contributed by atoms with E-state index in [0.29, 0.717) is 29.6 Å². The van der Waals surface area contributed by atoms with Gasteiger partial charge in [-0.1, -0.05) is 18.2 Å². The van der Waals surface area contributed by atoms with E-state index in [1.807, 2.05) is 12.1 Å². The lowest BCUT2D eigenvalue weighted by atomic mass is 9.87. The summed E-state index contributed by atoms with van der Waals surface area (Å²) in [5, 5.41) is 23.2. The number of carbonyl (C=O) groups excluding carboxylic acids is 1. The third-order valence-electron chi connectivity index (χ3n) is 7.69. The molecule has 2 aromatic carbocycles. The molecule has 216 valence electrons. The number of benzene rings is 2. The highest BCUT2D eigenvalue weighted by Gasteiger charge is 2.49. The lowest BCUT2D eigenvalue weighted by Gasteiger charge is -2.32. The van der Waals surface area contributed by atoms with Crippen molar-refractivity contribution in [3.8, 4) is 0 Å². The minimum absolute atomic E-state index is 0.0248. The van der Waals surface area contributed by atoms with E-state index in [4.69, 9.17) is 0 Å². The summed E-state index contributed by atoms with van der Waals surface area (Å²) in [6, 6.07) is 6.54. The fraction of sp³-hybridized carbons (Fsp3) is 0.483. The number of anilines is 1. The van der Waals surface area contributed by atoms with Crippen LogP contribution in [0.1, 0.15) is 74.8 Å². The summed E-state index contributed by atoms with van der Waals surface area (Å²) in [7, 11) is 0. The molecule has 1 amide bonds. The van der Waals surface area contributed by atoms with Crippen molar-refractivity contribution in [2.75, 3.05) is 25.0 Å². The van der Waals surface area contributed by atoms with Crippen LogP contribution in [-0.4, -0.2) is 56.3 Å². The Balaban J connectivity index is 1.75. The molecule has 1 aliphatic heterocycles. The van der Waals surface area contributed by atoms with Crippen LogP contribution in [0.25, 0.3) is 10.9 Å². The van der Waals surface area contributed by atoms with Crippen LogP contribution >= 0.6 is 0 Å². The molecule has 40 heavy (non-hydrogen) atoms. The van der Waals surface area contributed by atoms with E-state index in [1.165, 1.54) is 12.1 Å². The molecule has 1 atom stereocenters. The number of H-pyrrole nitrogens is 1. The number of fused-ring (bicyclic) bond motifs is 1. The Labute approximate surface area is 230 Å². The molecule has 1 saturated heterocycles. The number of aliphatic hydroxyl groups excluding tert-OH is 1. The fourth-order valence-corrected chi connectivity index (χ4v) is 5.29. The van der Waals surface area contributed by atoms with Gasteiger partial charge in [0.25, 0.3) is 0 Å². The number of amides is 1. The van der Waals surface area contributed by atoms with Gasteiger partial charge in [0.15, 0.2) is 0 Å². The molecule has 1 aromatic heterocycles. The van der Waals surface area contributed by atoms with Crippen molar-refractivity contribution >= 4 is 22.6 Å². The topological polar surface area (TPSA) is 119 Å². The van der Waals surface area contributed by atoms with Crippen LogP contribution in [-0.2, 0) is 17.1 Å². The zero-order valence-electron chi connectivity index (χ0n) is 23.0. The highest BCUT2D eigenvalue weighted by molar-refractivity contribution is 5.92. The normalized spacial score (nSPS) is 15.9. The smallest absolute Gasteiger partial charge is 0.347 e. The van der Waals surface area contributed by atoms with E-state index in [2.05, 4.69) is 15.3 Å². The van der Waals surface area contributed by atoms with Gasteiger partial charge in [-0.2, -0.15) is 13.8 Å². The summed E-state index contributed by atoms with van der Waals surface area (Å²) in [5.74, 6) is -4.71. The zero-order valence-corrected chi connectivity index (χ0v) is 23.0. The van der Waals surface area contributed by atoms with E-state index in [1.54, 1.807) is 18.7 Å². The summed E-state index contributed by atoms with van der Waals surface area (Å²) in [6.07, 6.45) is 1.76. The number of rotatable bonds is 8. The predicted molar refractivity (Wildman–Crippen MR) is 146 cm³/mol. The molecule has 0 bridgehead atoms. The van der Waals surface area contributed by atoms with Crippen LogP contribution in [0.4, 0.5) is 19.0 Å². The molecule has 1 fully saturated rings. The Morgan fingerprint density at radius 3 is 2.52 bits per heavy atom. The summed E-state index contributed by atoms with van der Waals surface area (Å²) in [5.41, 5.74) is -2.03. The van der Waals surface area contributed by atoms with Gasteiger partial charge < -0.3 is 25.4 Å². The van der Waals surface area contributed by atoms with Crippen molar-refractivity contribution in [2.45, 2.75) is 70.4 Å². The second-order valence-corrected chi connectivity index (χ2v) is 11.0. The Morgan fingerprint density at radius 1 is 1.25 bits per heavy atom. The SMILES string of the molecule is CC(=O)N1CCC(c2cc(CCO)c3[nH]c(=O)nc(N[C@H](C)c4cccc(C(F)(F)C(C)(C)O)c4F)c3c2)CC1. The second kappa shape index (κ2) is 11.2. The molecule has 0 radical (unpaired) electrons. The maximum Gasteiger partial charge on any atom is 0.347 e. The monoisotopic (exact) mass is 560 g/mol. The number of halogens is 3. The third kappa shape index (κ3) is 5.71. The number of likely N-dealkylation sites (tertiary alicyclic amines) is 1. The number of aromatic amines is 1. The maximum absolute atomic E-state index is 15.4. The van der Waals surface area contributed by atoms with Gasteiger partial charge in [-0.25, -0.2) is 9.18 Å². The molecule has 1 aliphatic rings. The first-order valence-electron chi connectivity index (χ1n) is 13.3. The molecule has 0 unspecified atom stereocenters. The van der Waals surface area contributed by atoms with Crippen LogP contribution in [0, 0.1) is 5.82 Å². The van der Waals surface area contributed by atoms with E-state index >= 15 is 4.39 Å². The summed E-state index contributed by atoms with van der Waals surface area (Å²) in [4.78, 5) is 32.9. The first-order chi connectivity index (χ1) is 18.7. The number of aliphatic hydroxyl groups is 2. The first kappa shape index (κ1) is 29.5. The van der Waals surface area contributed by atoms with Crippen LogP contribution in [0.5, 0.6) is 0 Å². The van der Waals surface area contributed by atoms with E-state index in [-0.39, 0.29) is 36.2 Å². The quantitative estimate of drug-likeness (QED) is 0.325. The van der Waals surface area contributed by atoms with E-state index in [9.17, 15) is 28.6 Å². The van der Waals surface area contributed by atoms with Gasteiger partial charge in [-0.15, -0.1) is 0 Å². The standard InChI is InChI=1S/C29H35F3N4O4/c1-16(21-6-5-7-23(24(21)30)29(31,32)28(3,4)40)33-26-22-15-20(18-8-11-36(12-9-18)17(2)38)14-19(10-13-37)25(22)34-27(39)35-26/h5-7,14-16,18,37,40H,8-13H2,1-4H3,(H2,33,34,35,39)/t16-/m1/s1. The van der Waals surface area contributed by atoms with Gasteiger partial charge in [0.05, 0.1) is 17.1 Å². The number of nitrogens with one attached hydrogen (secondary N) is 2. The van der Waals surface area contributed by atoms with E-state index < -0.39 is 34.6 Å². The van der Waals surface area contributed by atoms with Gasteiger partial charge >= 0.3 is 11.6 Å². The zero-order chi connectivity index (χ0) is 29.4. The van der Waals surface area contributed by atoms with Crippen molar-refractivity contribution in [1.82, 2.24) is 14.9 Å². The Bertz CT molecular complexity index is 1460. The second-order valence-electron chi connectivity index (χ2n) is 11.0. The number of aromatic nitrogens is 2. The summed E-state index contributed by atoms with van der Waals surface area (Å²) >= 11 is 0. The highest BCUT2D eigenvalue weighted by atomic mass is 19.3. The van der Waals surface area contributed by atoms with Crippen molar-refractivity contribution in [3.63, 3.8) is 0 Å². The lowest BCUT2D eigenvalue weighted by molar-refractivity contribution is -0.170. The molecular weight excluding hydrogens is 525 g/mol. The van der Waals surface area contributed by atoms with Gasteiger partial charge in [0, 0.05) is 37.6 Å². The van der Waals surface area contributed by atoms with Crippen LogP contribution in [0.2, 0.25) is 0 Å². The predicted octanol–water partition coefficient (Wildman–Crippen LogP) is 4.36. The van der Waals surface area contributed by atoms with Crippen molar-refractivity contribution in [1.29, 1.82) is 0 Å². The fourth-order valence-electron chi connectivity index (χ4n) is 5.29. The lowest BCUT2D eigenvalue weighted by Crippen LogP contribution is -2.41. The van der Waals surface area contributed by atoms with Crippen LogP contribution < -0.4 is 11.0 Å². The molecule has 0 spiro atoms. The van der Waals surface area contributed by atoms with E-state index in [0.717, 1.165) is 38.3 Å². The average Bonchev–Trinajstić information content (AvgIpc) is 2.88. The van der Waals surface area contributed by atoms with Crippen molar-refractivity contribution in [3.05, 3.63) is 68.9 Å². The number of nitrogens with zero attached hydrogens (tertiary/aromatic N) is 2. The Hall–Kier alpha value is -3.44. The number of alkyl halides is 2. The van der Waals surface area contributed by atoms with Crippen LogP contribution in [0.3, 0.4) is 0 Å². The molecule has 0 saturated carbocycles. The average molecular weight is 561 g/mol. The Kier molecular flexibility index (Phi) is 8.28. The number of piperidine rings is 1. The third-order valence-corrected chi connectivity index (χ3v) is 7.69. The molecule has 3 aromatic rings. The highest BCUT2D eigenvalue weighted by Crippen LogP contribution is 2.41. The van der Waals surface area contributed by atoms with Crippen LogP contribution in [0.15, 0.2) is 35.1 Å².